The zero-order valence-corrected chi connectivity index (χ0v) is 16.3. The van der Waals surface area contributed by atoms with Gasteiger partial charge in [-0.1, -0.05) is 69.3 Å². The molecule has 0 N–H and O–H groups in total. The van der Waals surface area contributed by atoms with E-state index in [1.54, 1.807) is 0 Å². The van der Waals surface area contributed by atoms with Crippen molar-refractivity contribution < 1.29 is 4.79 Å². The maximum absolute atomic E-state index is 13.3. The van der Waals surface area contributed by atoms with E-state index in [0.29, 0.717) is 0 Å². The van der Waals surface area contributed by atoms with Crippen molar-refractivity contribution in [1.29, 1.82) is 0 Å². The molecular formula is C24H27NO. The largest absolute Gasteiger partial charge is 0.378 e. The second-order valence-corrected chi connectivity index (χ2v) is 8.12. The molecule has 2 aromatic rings. The van der Waals surface area contributed by atoms with Crippen LogP contribution in [0.15, 0.2) is 72.5 Å². The molecule has 1 aliphatic carbocycles. The van der Waals surface area contributed by atoms with Gasteiger partial charge in [0.25, 0.3) is 0 Å². The Balaban J connectivity index is 2.10. The van der Waals surface area contributed by atoms with E-state index in [2.05, 4.69) is 62.1 Å². The van der Waals surface area contributed by atoms with Crippen LogP contribution in [-0.2, 0) is 5.41 Å². The average Bonchev–Trinajstić information content (AvgIpc) is 3.11. The van der Waals surface area contributed by atoms with Crippen LogP contribution in [-0.4, -0.2) is 24.8 Å². The number of hydrogen-bond donors (Lipinski definition) is 0. The van der Waals surface area contributed by atoms with Crippen LogP contribution < -0.4 is 0 Å². The Kier molecular flexibility index (Phi) is 4.86. The van der Waals surface area contributed by atoms with Gasteiger partial charge < -0.3 is 4.90 Å². The van der Waals surface area contributed by atoms with Crippen molar-refractivity contribution >= 4 is 5.78 Å². The fourth-order valence-corrected chi connectivity index (χ4v) is 3.24. The molecular weight excluding hydrogens is 318 g/mol. The molecule has 0 amide bonds. The summed E-state index contributed by atoms with van der Waals surface area (Å²) in [4.78, 5) is 15.4. The van der Waals surface area contributed by atoms with Gasteiger partial charge in [0, 0.05) is 36.8 Å². The Bertz CT molecular complexity index is 867. The number of hydrogen-bond acceptors (Lipinski definition) is 2. The van der Waals surface area contributed by atoms with E-state index < -0.39 is 0 Å². The van der Waals surface area contributed by atoms with E-state index in [4.69, 9.17) is 0 Å². The molecule has 2 aromatic carbocycles. The highest BCUT2D eigenvalue weighted by atomic mass is 16.1. The molecule has 1 aliphatic rings. The van der Waals surface area contributed by atoms with E-state index in [9.17, 15) is 4.79 Å². The molecule has 0 heterocycles. The van der Waals surface area contributed by atoms with E-state index in [1.807, 2.05) is 44.4 Å². The van der Waals surface area contributed by atoms with Gasteiger partial charge in [-0.3, -0.25) is 4.79 Å². The van der Waals surface area contributed by atoms with Crippen LogP contribution in [0.1, 0.15) is 53.7 Å². The quantitative estimate of drug-likeness (QED) is 0.700. The zero-order chi connectivity index (χ0) is 18.9. The average molecular weight is 345 g/mol. The molecule has 0 aromatic heterocycles. The number of rotatable bonds is 4. The first kappa shape index (κ1) is 18.2. The van der Waals surface area contributed by atoms with Crippen molar-refractivity contribution in [2.45, 2.75) is 32.1 Å². The minimum atomic E-state index is 0.000396. The van der Waals surface area contributed by atoms with Crippen LogP contribution in [0.4, 0.5) is 0 Å². The lowest BCUT2D eigenvalue weighted by Crippen LogP contribution is -2.15. The topological polar surface area (TPSA) is 20.3 Å². The second-order valence-electron chi connectivity index (χ2n) is 8.12. The molecule has 3 rings (SSSR count). The van der Waals surface area contributed by atoms with Gasteiger partial charge in [0.1, 0.15) is 0 Å². The van der Waals surface area contributed by atoms with Gasteiger partial charge in [0.05, 0.1) is 0 Å². The number of ketones is 1. The second kappa shape index (κ2) is 6.95. The van der Waals surface area contributed by atoms with Crippen LogP contribution in [0.2, 0.25) is 0 Å². The number of carbonyl (C=O) groups excluding carboxylic acids is 1. The van der Waals surface area contributed by atoms with Crippen LogP contribution in [0.5, 0.6) is 0 Å². The van der Waals surface area contributed by atoms with Crippen LogP contribution in [0.25, 0.3) is 0 Å². The third-order valence-electron chi connectivity index (χ3n) is 4.90. The summed E-state index contributed by atoms with van der Waals surface area (Å²) in [7, 11) is 4.08. The Labute approximate surface area is 156 Å². The maximum Gasteiger partial charge on any atom is 0.193 e. The monoisotopic (exact) mass is 345 g/mol. The first-order valence-electron chi connectivity index (χ1n) is 9.09. The first-order valence-corrected chi connectivity index (χ1v) is 9.09. The van der Waals surface area contributed by atoms with Crippen molar-refractivity contribution in [1.82, 2.24) is 4.90 Å². The zero-order valence-electron chi connectivity index (χ0n) is 16.3. The molecule has 0 radical (unpaired) electrons. The molecule has 0 spiro atoms. The lowest BCUT2D eigenvalue weighted by Gasteiger charge is -2.22. The maximum atomic E-state index is 13.3. The first-order chi connectivity index (χ1) is 12.3. The van der Waals surface area contributed by atoms with Crippen LogP contribution >= 0.6 is 0 Å². The SMILES string of the molecule is CN(C)C1=CC(c2ccc(C(C)(C)C)cc2C(=O)c2ccccc2)C=C1. The number of carbonyl (C=O) groups is 1. The number of nitrogens with zero attached hydrogens (tertiary/aromatic N) is 1. The highest BCUT2D eigenvalue weighted by molar-refractivity contribution is 6.10. The molecule has 134 valence electrons. The lowest BCUT2D eigenvalue weighted by molar-refractivity contribution is 0.103. The normalized spacial score (nSPS) is 16.5. The molecule has 26 heavy (non-hydrogen) atoms. The van der Waals surface area contributed by atoms with Crippen molar-refractivity contribution in [2.24, 2.45) is 0 Å². The van der Waals surface area contributed by atoms with Crippen LogP contribution in [0.3, 0.4) is 0 Å². The highest BCUT2D eigenvalue weighted by Crippen LogP contribution is 2.33. The smallest absolute Gasteiger partial charge is 0.193 e. The lowest BCUT2D eigenvalue weighted by atomic mass is 9.82. The molecule has 1 atom stereocenters. The Hall–Kier alpha value is -2.61. The summed E-state index contributed by atoms with van der Waals surface area (Å²) in [6.45, 7) is 6.54. The third kappa shape index (κ3) is 3.65. The molecule has 0 fully saturated rings. The van der Waals surface area contributed by atoms with Gasteiger partial charge in [-0.2, -0.15) is 0 Å². The van der Waals surface area contributed by atoms with Crippen molar-refractivity contribution in [2.75, 3.05) is 14.1 Å². The van der Waals surface area contributed by atoms with Gasteiger partial charge in [-0.15, -0.1) is 0 Å². The minimum Gasteiger partial charge on any atom is -0.378 e. The standard InChI is InChI=1S/C24H27NO/c1-24(2,3)19-12-14-21(18-11-13-20(15-18)25(4)5)22(16-19)23(26)17-9-7-6-8-10-17/h6-16,18H,1-5H3. The van der Waals surface area contributed by atoms with Crippen LogP contribution in [0, 0.1) is 0 Å². The predicted molar refractivity (Wildman–Crippen MR) is 109 cm³/mol. The van der Waals surface area contributed by atoms with Gasteiger partial charge in [-0.25, -0.2) is 0 Å². The molecule has 1 unspecified atom stereocenters. The van der Waals surface area contributed by atoms with Crippen molar-refractivity contribution in [3.63, 3.8) is 0 Å². The molecule has 0 saturated heterocycles. The molecule has 0 bridgehead atoms. The summed E-state index contributed by atoms with van der Waals surface area (Å²) < 4.78 is 0. The molecule has 0 aliphatic heterocycles. The summed E-state index contributed by atoms with van der Waals surface area (Å²) in [5, 5.41) is 0. The summed E-state index contributed by atoms with van der Waals surface area (Å²) in [5.74, 6) is 0.218. The minimum absolute atomic E-state index is 0.000396. The Morgan fingerprint density at radius 3 is 2.27 bits per heavy atom. The Morgan fingerprint density at radius 2 is 1.69 bits per heavy atom. The summed E-state index contributed by atoms with van der Waals surface area (Å²) in [5.41, 5.74) is 4.96. The molecule has 2 heteroatoms. The number of benzene rings is 2. The fraction of sp³-hybridized carbons (Fsp3) is 0.292. The summed E-state index contributed by atoms with van der Waals surface area (Å²) >= 11 is 0. The third-order valence-corrected chi connectivity index (χ3v) is 4.90. The Morgan fingerprint density at radius 1 is 1.00 bits per heavy atom. The summed E-state index contributed by atoms with van der Waals surface area (Å²) in [6, 6.07) is 15.9. The van der Waals surface area contributed by atoms with Crippen molar-refractivity contribution in [3.05, 3.63) is 94.7 Å². The van der Waals surface area contributed by atoms with E-state index in [-0.39, 0.29) is 17.1 Å². The van der Waals surface area contributed by atoms with Gasteiger partial charge in [-0.05, 0) is 34.8 Å². The van der Waals surface area contributed by atoms with E-state index in [1.165, 1.54) is 11.3 Å². The summed E-state index contributed by atoms with van der Waals surface area (Å²) in [6.07, 6.45) is 6.51. The van der Waals surface area contributed by atoms with Gasteiger partial charge in [0.15, 0.2) is 5.78 Å². The van der Waals surface area contributed by atoms with E-state index in [0.717, 1.165) is 16.7 Å². The van der Waals surface area contributed by atoms with E-state index >= 15 is 0 Å². The van der Waals surface area contributed by atoms with Crippen molar-refractivity contribution in [3.8, 4) is 0 Å². The van der Waals surface area contributed by atoms with Gasteiger partial charge >= 0.3 is 0 Å². The predicted octanol–water partition coefficient (Wildman–Crippen LogP) is 5.31. The number of allylic oxidation sites excluding steroid dienone is 3. The van der Waals surface area contributed by atoms with Gasteiger partial charge in [0.2, 0.25) is 0 Å². The highest BCUT2D eigenvalue weighted by Gasteiger charge is 2.23. The fourth-order valence-electron chi connectivity index (χ4n) is 3.24. The number of likely N-dealkylation sites (N-methyl/N-ethyl adjacent to an activating group) is 1. The molecule has 0 saturated carbocycles. The molecule has 2 nitrogen and oxygen atoms in total.